The van der Waals surface area contributed by atoms with Crippen LogP contribution in [0.1, 0.15) is 17.3 Å². The summed E-state index contributed by atoms with van der Waals surface area (Å²) in [6.45, 7) is 2.11. The highest BCUT2D eigenvalue weighted by molar-refractivity contribution is 5.91. The van der Waals surface area contributed by atoms with Gasteiger partial charge in [-0.2, -0.15) is 0 Å². The molecule has 0 aliphatic heterocycles. The molecule has 4 rings (SSSR count). The fourth-order valence-corrected chi connectivity index (χ4v) is 2.90. The van der Waals surface area contributed by atoms with Gasteiger partial charge in [0.05, 0.1) is 19.3 Å². The van der Waals surface area contributed by atoms with Crippen molar-refractivity contribution in [2.45, 2.75) is 6.92 Å². The van der Waals surface area contributed by atoms with E-state index in [9.17, 15) is 4.79 Å². The number of carbonyl (C=O) groups is 1. The second-order valence-electron chi connectivity index (χ2n) is 5.99. The van der Waals surface area contributed by atoms with Crippen LogP contribution in [0.5, 0.6) is 5.75 Å². The van der Waals surface area contributed by atoms with Crippen LogP contribution in [0.3, 0.4) is 0 Å². The van der Waals surface area contributed by atoms with E-state index in [1.54, 1.807) is 43.1 Å². The highest BCUT2D eigenvalue weighted by Gasteiger charge is 2.17. The van der Waals surface area contributed by atoms with Gasteiger partial charge in [-0.1, -0.05) is 6.07 Å². The summed E-state index contributed by atoms with van der Waals surface area (Å²) in [4.78, 5) is 20.9. The Morgan fingerprint density at radius 1 is 1.21 bits per heavy atom. The topological polar surface area (TPSA) is 93.5 Å². The number of H-pyrrole nitrogens is 1. The van der Waals surface area contributed by atoms with Crippen molar-refractivity contribution in [3.05, 3.63) is 60.4 Å². The number of nitrogens with zero attached hydrogens (tertiary/aromatic N) is 3. The predicted molar refractivity (Wildman–Crippen MR) is 105 cm³/mol. The third kappa shape index (κ3) is 3.27. The van der Waals surface area contributed by atoms with Crippen molar-refractivity contribution in [2.24, 2.45) is 0 Å². The summed E-state index contributed by atoms with van der Waals surface area (Å²) in [7, 11) is 1.63. The summed E-state index contributed by atoms with van der Waals surface area (Å²) in [5.74, 6) is 1.65. The number of hydrogen-bond acceptors (Lipinski definition) is 6. The second-order valence-corrected chi connectivity index (χ2v) is 5.99. The van der Waals surface area contributed by atoms with Crippen molar-refractivity contribution >= 4 is 23.3 Å². The quantitative estimate of drug-likeness (QED) is 0.498. The van der Waals surface area contributed by atoms with Gasteiger partial charge in [0.1, 0.15) is 17.8 Å². The Labute approximate surface area is 161 Å². The molecule has 2 aromatic carbocycles. The Bertz CT molecular complexity index is 1110. The van der Waals surface area contributed by atoms with Crippen LogP contribution in [0.15, 0.2) is 54.9 Å². The lowest BCUT2D eigenvalue weighted by Crippen LogP contribution is -2.05. The zero-order valence-electron chi connectivity index (χ0n) is 15.5. The van der Waals surface area contributed by atoms with Gasteiger partial charge in [-0.25, -0.2) is 19.3 Å². The average Bonchev–Trinajstić information content (AvgIpc) is 3.31. The summed E-state index contributed by atoms with van der Waals surface area (Å²) in [6, 6.07) is 14.7. The minimum absolute atomic E-state index is 0.329. The SMILES string of the molecule is CCOC(=O)c1cccc(Nc2c(-c3ccc(OC)cc3)nc3nc[nH]n23)c1. The molecule has 28 heavy (non-hydrogen) atoms. The molecule has 0 fully saturated rings. The Morgan fingerprint density at radius 2 is 2.04 bits per heavy atom. The smallest absolute Gasteiger partial charge is 0.338 e. The number of aromatic amines is 1. The van der Waals surface area contributed by atoms with Crippen LogP contribution in [-0.2, 0) is 4.74 Å². The first-order valence-electron chi connectivity index (χ1n) is 8.80. The Morgan fingerprint density at radius 3 is 2.79 bits per heavy atom. The van der Waals surface area contributed by atoms with Crippen LogP contribution < -0.4 is 10.1 Å². The highest BCUT2D eigenvalue weighted by Crippen LogP contribution is 2.31. The number of esters is 1. The fourth-order valence-electron chi connectivity index (χ4n) is 2.90. The molecule has 0 saturated carbocycles. The van der Waals surface area contributed by atoms with Crippen LogP contribution in [0, 0.1) is 0 Å². The zero-order chi connectivity index (χ0) is 19.5. The number of ether oxygens (including phenoxy) is 2. The summed E-state index contributed by atoms with van der Waals surface area (Å²) in [5.41, 5.74) is 2.84. The monoisotopic (exact) mass is 377 g/mol. The lowest BCUT2D eigenvalue weighted by molar-refractivity contribution is 0.0526. The zero-order valence-corrected chi connectivity index (χ0v) is 15.5. The maximum Gasteiger partial charge on any atom is 0.338 e. The van der Waals surface area contributed by atoms with Gasteiger partial charge in [-0.3, -0.25) is 5.10 Å². The number of benzene rings is 2. The number of hydrogen-bond donors (Lipinski definition) is 2. The molecule has 0 aliphatic carbocycles. The van der Waals surface area contributed by atoms with Gasteiger partial charge in [0, 0.05) is 11.3 Å². The molecule has 0 bridgehead atoms. The van der Waals surface area contributed by atoms with E-state index in [-0.39, 0.29) is 5.97 Å². The van der Waals surface area contributed by atoms with E-state index < -0.39 is 0 Å². The van der Waals surface area contributed by atoms with Crippen molar-refractivity contribution in [1.29, 1.82) is 0 Å². The molecule has 0 saturated heterocycles. The summed E-state index contributed by atoms with van der Waals surface area (Å²) in [5, 5.41) is 6.38. The predicted octanol–water partition coefficient (Wildman–Crippen LogP) is 3.65. The molecule has 2 heterocycles. The maximum atomic E-state index is 12.0. The molecule has 8 heteroatoms. The van der Waals surface area contributed by atoms with Gasteiger partial charge in [-0.05, 0) is 49.4 Å². The van der Waals surface area contributed by atoms with Gasteiger partial charge in [-0.15, -0.1) is 0 Å². The largest absolute Gasteiger partial charge is 0.497 e. The van der Waals surface area contributed by atoms with Crippen LogP contribution >= 0.6 is 0 Å². The van der Waals surface area contributed by atoms with Crippen molar-refractivity contribution in [1.82, 2.24) is 19.6 Å². The molecule has 142 valence electrons. The van der Waals surface area contributed by atoms with E-state index in [2.05, 4.69) is 20.4 Å². The van der Waals surface area contributed by atoms with Gasteiger partial charge in [0.2, 0.25) is 0 Å². The molecule has 4 aromatic rings. The lowest BCUT2D eigenvalue weighted by Gasteiger charge is -2.10. The lowest BCUT2D eigenvalue weighted by atomic mass is 10.1. The second kappa shape index (κ2) is 7.43. The number of fused-ring (bicyclic) bond motifs is 1. The molecule has 8 nitrogen and oxygen atoms in total. The minimum atomic E-state index is -0.360. The number of imidazole rings is 1. The van der Waals surface area contributed by atoms with Crippen molar-refractivity contribution < 1.29 is 14.3 Å². The van der Waals surface area contributed by atoms with Crippen LogP contribution in [-0.4, -0.2) is 39.3 Å². The van der Waals surface area contributed by atoms with E-state index in [4.69, 9.17) is 9.47 Å². The molecular formula is C20H19N5O3. The number of anilines is 2. The van der Waals surface area contributed by atoms with E-state index >= 15 is 0 Å². The van der Waals surface area contributed by atoms with Gasteiger partial charge in [0.15, 0.2) is 5.82 Å². The van der Waals surface area contributed by atoms with Crippen molar-refractivity contribution in [2.75, 3.05) is 19.0 Å². The number of methoxy groups -OCH3 is 1. The minimum Gasteiger partial charge on any atom is -0.497 e. The molecule has 2 N–H and O–H groups in total. The van der Waals surface area contributed by atoms with Gasteiger partial charge >= 0.3 is 5.97 Å². The third-order valence-corrected chi connectivity index (χ3v) is 4.23. The number of nitrogens with one attached hydrogen (secondary N) is 2. The molecule has 2 aromatic heterocycles. The fraction of sp³-hybridized carbons (Fsp3) is 0.150. The first kappa shape index (κ1) is 17.6. The Kier molecular flexibility index (Phi) is 4.67. The van der Waals surface area contributed by atoms with Crippen LogP contribution in [0.4, 0.5) is 11.5 Å². The highest BCUT2D eigenvalue weighted by atomic mass is 16.5. The molecule has 0 amide bonds. The molecule has 0 aliphatic rings. The van der Waals surface area contributed by atoms with Crippen LogP contribution in [0.25, 0.3) is 17.0 Å². The van der Waals surface area contributed by atoms with Crippen molar-refractivity contribution in [3.63, 3.8) is 0 Å². The number of rotatable bonds is 6. The third-order valence-electron chi connectivity index (χ3n) is 4.23. The van der Waals surface area contributed by atoms with E-state index in [0.29, 0.717) is 23.8 Å². The van der Waals surface area contributed by atoms with E-state index in [1.807, 2.05) is 30.3 Å². The summed E-state index contributed by atoms with van der Waals surface area (Å²) in [6.07, 6.45) is 1.57. The molecule has 0 unspecified atom stereocenters. The summed E-state index contributed by atoms with van der Waals surface area (Å²) >= 11 is 0. The Balaban J connectivity index is 1.73. The molecular weight excluding hydrogens is 358 g/mol. The first-order valence-corrected chi connectivity index (χ1v) is 8.80. The standard InChI is InChI=1S/C20H19N5O3/c1-3-28-19(26)14-5-4-6-15(11-14)23-18-17(24-20-21-12-22-25(18)20)13-7-9-16(27-2)10-8-13/h4-12,23H,3H2,1-2H3,(H,21,22,24). The van der Waals surface area contributed by atoms with Crippen LogP contribution in [0.2, 0.25) is 0 Å². The van der Waals surface area contributed by atoms with Crippen molar-refractivity contribution in [3.8, 4) is 17.0 Å². The van der Waals surface area contributed by atoms with Gasteiger partial charge < -0.3 is 14.8 Å². The normalized spacial score (nSPS) is 10.8. The molecule has 0 atom stereocenters. The van der Waals surface area contributed by atoms with Gasteiger partial charge in [0.25, 0.3) is 5.78 Å². The summed E-state index contributed by atoms with van der Waals surface area (Å²) < 4.78 is 12.1. The molecule has 0 radical (unpaired) electrons. The number of carbonyl (C=O) groups excluding carboxylic acids is 1. The maximum absolute atomic E-state index is 12.0. The molecule has 0 spiro atoms. The first-order chi connectivity index (χ1) is 13.7. The number of aromatic nitrogens is 4. The average molecular weight is 377 g/mol. The van der Waals surface area contributed by atoms with E-state index in [1.165, 1.54) is 0 Å². The van der Waals surface area contributed by atoms with E-state index in [0.717, 1.165) is 22.7 Å². The Hall–Kier alpha value is -3.81.